The summed E-state index contributed by atoms with van der Waals surface area (Å²) in [5.41, 5.74) is 6.76. The first-order valence-corrected chi connectivity index (χ1v) is 25.1. The van der Waals surface area contributed by atoms with Gasteiger partial charge in [0.15, 0.2) is 0 Å². The zero-order valence-electron chi connectivity index (χ0n) is 40.5. The molecule has 18 heteroatoms. The highest BCUT2D eigenvalue weighted by molar-refractivity contribution is 6.45. The molecule has 2 fully saturated rings. The molecule has 366 valence electrons. The third kappa shape index (κ3) is 13.4. The van der Waals surface area contributed by atoms with Crippen LogP contribution in [0.2, 0.25) is 18.7 Å². The number of aromatic nitrogens is 5. The van der Waals surface area contributed by atoms with Crippen LogP contribution in [0.15, 0.2) is 135 Å². The Hall–Kier alpha value is -5.65. The van der Waals surface area contributed by atoms with Gasteiger partial charge in [0.2, 0.25) is 11.8 Å². The predicted octanol–water partition coefficient (Wildman–Crippen LogP) is 5.02. The SMILES string of the molecule is CB(O)N1CCN(C2c3ccc(Cl)cc3CCc3cccnc32)[C@@H](C(=O)N(CCCn2ccnc2)Cc2ccccc2)C1.CB(O)N1CCN[C@@H](C(=O)N(CCCn2ccnc2)Cc2ccccc2)C1. The van der Waals surface area contributed by atoms with Crippen LogP contribution in [-0.2, 0) is 48.6 Å². The van der Waals surface area contributed by atoms with Crippen LogP contribution in [0.1, 0.15) is 52.4 Å². The van der Waals surface area contributed by atoms with Crippen molar-refractivity contribution in [3.8, 4) is 0 Å². The van der Waals surface area contributed by atoms with Crippen molar-refractivity contribution in [2.75, 3.05) is 52.4 Å². The Kier molecular flexibility index (Phi) is 18.1. The van der Waals surface area contributed by atoms with Gasteiger partial charge in [-0.05, 0) is 85.3 Å². The minimum absolute atomic E-state index is 0.0667. The van der Waals surface area contributed by atoms with E-state index in [-0.39, 0.29) is 23.9 Å². The quantitative estimate of drug-likeness (QED) is 0.106. The van der Waals surface area contributed by atoms with Crippen LogP contribution in [0.25, 0.3) is 0 Å². The maximum absolute atomic E-state index is 14.8. The number of amides is 2. The average molecular weight is 966 g/mol. The van der Waals surface area contributed by atoms with E-state index in [1.54, 1.807) is 32.4 Å². The van der Waals surface area contributed by atoms with E-state index in [4.69, 9.17) is 16.6 Å². The second-order valence-electron chi connectivity index (χ2n) is 18.6. The van der Waals surface area contributed by atoms with Gasteiger partial charge in [0.25, 0.3) is 0 Å². The number of nitrogens with one attached hydrogen (secondary N) is 1. The molecule has 1 unspecified atom stereocenters. The highest BCUT2D eigenvalue weighted by Gasteiger charge is 2.43. The van der Waals surface area contributed by atoms with Gasteiger partial charge in [0.1, 0.15) is 6.04 Å². The molecule has 0 spiro atoms. The van der Waals surface area contributed by atoms with Crippen LogP contribution in [0.4, 0.5) is 0 Å². The van der Waals surface area contributed by atoms with Crippen LogP contribution >= 0.6 is 11.6 Å². The van der Waals surface area contributed by atoms with E-state index in [1.807, 2.05) is 114 Å². The lowest BCUT2D eigenvalue weighted by molar-refractivity contribution is -0.140. The van der Waals surface area contributed by atoms with E-state index in [0.29, 0.717) is 58.9 Å². The number of hydrogen-bond acceptors (Lipinski definition) is 11. The molecular formula is C52H66B2ClN11O4. The number of nitrogens with zero attached hydrogens (tertiary/aromatic N) is 10. The highest BCUT2D eigenvalue weighted by Crippen LogP contribution is 2.39. The van der Waals surface area contributed by atoms with Crippen molar-refractivity contribution in [2.24, 2.45) is 0 Å². The summed E-state index contributed by atoms with van der Waals surface area (Å²) in [7, 11) is -1.18. The number of rotatable bonds is 17. The van der Waals surface area contributed by atoms with Crippen molar-refractivity contribution in [1.29, 1.82) is 0 Å². The number of halogens is 1. The molecule has 3 aromatic heterocycles. The zero-order valence-corrected chi connectivity index (χ0v) is 41.2. The van der Waals surface area contributed by atoms with E-state index in [0.717, 1.165) is 72.7 Å². The van der Waals surface area contributed by atoms with Crippen molar-refractivity contribution < 1.29 is 19.6 Å². The molecule has 2 saturated heterocycles. The summed E-state index contributed by atoms with van der Waals surface area (Å²) < 4.78 is 4.07. The summed E-state index contributed by atoms with van der Waals surface area (Å²) in [6, 6.07) is 29.6. The van der Waals surface area contributed by atoms with Gasteiger partial charge in [-0.25, -0.2) is 9.97 Å². The second-order valence-corrected chi connectivity index (χ2v) is 19.0. The summed E-state index contributed by atoms with van der Waals surface area (Å²) in [5, 5.41) is 24.5. The third-order valence-corrected chi connectivity index (χ3v) is 14.0. The lowest BCUT2D eigenvalue weighted by atomic mass is 9.82. The first kappa shape index (κ1) is 50.7. The Morgan fingerprint density at radius 3 is 1.91 bits per heavy atom. The summed E-state index contributed by atoms with van der Waals surface area (Å²) >= 11 is 6.48. The second kappa shape index (κ2) is 25.0. The largest absolute Gasteiger partial charge is 0.437 e. The van der Waals surface area contributed by atoms with E-state index in [2.05, 4.69) is 50.5 Å². The normalized spacial score (nSPS) is 18.4. The molecule has 6 aromatic rings. The molecule has 5 heterocycles. The van der Waals surface area contributed by atoms with Gasteiger partial charge in [-0.2, -0.15) is 0 Å². The fourth-order valence-corrected chi connectivity index (χ4v) is 10.2. The Bertz CT molecular complexity index is 2540. The average Bonchev–Trinajstić information content (AvgIpc) is 4.09. The molecule has 15 nitrogen and oxygen atoms in total. The molecule has 2 aliphatic heterocycles. The van der Waals surface area contributed by atoms with Gasteiger partial charge in [-0.15, -0.1) is 0 Å². The van der Waals surface area contributed by atoms with Crippen molar-refractivity contribution in [3.63, 3.8) is 0 Å². The Balaban J connectivity index is 0.000000210. The number of fused-ring (bicyclic) bond motifs is 2. The van der Waals surface area contributed by atoms with Crippen molar-refractivity contribution in [3.05, 3.63) is 173 Å². The van der Waals surface area contributed by atoms with E-state index >= 15 is 0 Å². The highest BCUT2D eigenvalue weighted by atomic mass is 35.5. The van der Waals surface area contributed by atoms with Gasteiger partial charge in [0, 0.05) is 115 Å². The molecule has 3 aliphatic rings. The van der Waals surface area contributed by atoms with Crippen molar-refractivity contribution in [2.45, 2.75) is 83.6 Å². The number of carbonyl (C=O) groups excluding carboxylic acids is 2. The molecular weight excluding hydrogens is 900 g/mol. The van der Waals surface area contributed by atoms with Gasteiger partial charge < -0.3 is 43.9 Å². The first-order valence-electron chi connectivity index (χ1n) is 24.7. The van der Waals surface area contributed by atoms with Gasteiger partial charge in [-0.3, -0.25) is 19.5 Å². The van der Waals surface area contributed by atoms with Gasteiger partial charge >= 0.3 is 14.1 Å². The van der Waals surface area contributed by atoms with Crippen LogP contribution in [0.5, 0.6) is 0 Å². The van der Waals surface area contributed by atoms with Crippen LogP contribution < -0.4 is 5.32 Å². The van der Waals surface area contributed by atoms with Crippen LogP contribution in [0.3, 0.4) is 0 Å². The van der Waals surface area contributed by atoms with Crippen LogP contribution in [0, 0.1) is 0 Å². The molecule has 3 atom stereocenters. The number of aryl methyl sites for hydroxylation is 4. The smallest absolute Gasteiger partial charge is 0.376 e. The number of piperazine rings is 2. The number of imidazole rings is 2. The van der Waals surface area contributed by atoms with E-state index in [9.17, 15) is 19.6 Å². The molecule has 0 saturated carbocycles. The summed E-state index contributed by atoms with van der Waals surface area (Å²) in [6.45, 7) is 11.2. The summed E-state index contributed by atoms with van der Waals surface area (Å²) in [4.78, 5) is 51.3. The third-order valence-electron chi connectivity index (χ3n) is 13.7. The van der Waals surface area contributed by atoms with Crippen molar-refractivity contribution >= 4 is 37.5 Å². The Morgan fingerprint density at radius 1 is 0.714 bits per heavy atom. The molecule has 9 rings (SSSR count). The lowest BCUT2D eigenvalue weighted by Crippen LogP contribution is -2.62. The minimum atomic E-state index is -0.646. The number of pyridine rings is 1. The lowest BCUT2D eigenvalue weighted by Gasteiger charge is -2.46. The van der Waals surface area contributed by atoms with E-state index in [1.165, 1.54) is 11.1 Å². The van der Waals surface area contributed by atoms with E-state index < -0.39 is 20.1 Å². The fourth-order valence-electron chi connectivity index (χ4n) is 9.98. The topological polar surface area (TPSA) is 151 Å². The number of carbonyl (C=O) groups is 2. The van der Waals surface area contributed by atoms with Gasteiger partial charge in [-0.1, -0.05) is 84.4 Å². The molecule has 70 heavy (non-hydrogen) atoms. The molecule has 0 bridgehead atoms. The number of hydrogen-bond donors (Lipinski definition) is 3. The molecule has 3 N–H and O–H groups in total. The standard InChI is InChI=1S/C33H38BClN6O2.C19H28BN5O2/c1-34(43)40-19-20-41(32-29-13-12-28(35)21-27(29)11-10-26-9-5-14-37-31(26)32)30(23-40)33(42)39(22-25-7-3-2-4-8-25)17-6-16-38-18-15-36-24-38;1-20(27)25-13-9-22-18(15-25)19(26)24(14-17-6-3-2-4-7-17)11-5-10-23-12-8-21-16-23/h2-5,7-9,12-15,18,21,24,30,32,43H,6,10-11,16-17,19-20,22-23H2,1H3;2-4,6-8,12,16,18,22,27H,5,9-11,13-15H2,1H3/t30-,32?;18-/m11/s1. The summed E-state index contributed by atoms with van der Waals surface area (Å²) in [6.07, 6.45) is 16.3. The van der Waals surface area contributed by atoms with Gasteiger partial charge in [0.05, 0.1) is 30.4 Å². The Labute approximate surface area is 418 Å². The fraction of sp³-hybridized carbons (Fsp3) is 0.404. The summed E-state index contributed by atoms with van der Waals surface area (Å²) in [5.74, 6) is 0.159. The minimum Gasteiger partial charge on any atom is -0.437 e. The molecule has 0 radical (unpaired) electrons. The Morgan fingerprint density at radius 2 is 1.31 bits per heavy atom. The maximum atomic E-state index is 14.8. The molecule has 2 amide bonds. The van der Waals surface area contributed by atoms with Crippen LogP contribution in [-0.4, -0.2) is 149 Å². The molecule has 3 aromatic carbocycles. The predicted molar refractivity (Wildman–Crippen MR) is 275 cm³/mol. The zero-order chi connectivity index (χ0) is 48.8. The maximum Gasteiger partial charge on any atom is 0.376 e. The molecule has 1 aliphatic carbocycles. The first-order chi connectivity index (χ1) is 34.1. The van der Waals surface area contributed by atoms with Crippen molar-refractivity contribution in [1.82, 2.24) is 53.7 Å². The monoisotopic (exact) mass is 966 g/mol. The number of benzene rings is 3.